The fourth-order valence-electron chi connectivity index (χ4n) is 1.12. The minimum absolute atomic E-state index is 0.00111. The second-order valence-corrected chi connectivity index (χ2v) is 6.98. The van der Waals surface area contributed by atoms with E-state index >= 15 is 0 Å². The molecule has 0 bridgehead atoms. The van der Waals surface area contributed by atoms with Crippen molar-refractivity contribution in [1.82, 2.24) is 14.3 Å². The van der Waals surface area contributed by atoms with Crippen molar-refractivity contribution < 1.29 is 8.42 Å². The van der Waals surface area contributed by atoms with Crippen molar-refractivity contribution in [1.29, 1.82) is 0 Å². The van der Waals surface area contributed by atoms with Gasteiger partial charge in [0, 0.05) is 20.1 Å². The number of nitrogens with zero attached hydrogens (tertiary/aromatic N) is 1. The fourth-order valence-corrected chi connectivity index (χ4v) is 2.28. The molecule has 17 heavy (non-hydrogen) atoms. The molecule has 0 atom stereocenters. The summed E-state index contributed by atoms with van der Waals surface area (Å²) in [7, 11) is 0.137. The van der Waals surface area contributed by atoms with Gasteiger partial charge in [0.05, 0.1) is 0 Å². The molecule has 6 heteroatoms. The van der Waals surface area contributed by atoms with Crippen LogP contribution in [0.15, 0.2) is 0 Å². The highest BCUT2D eigenvalue weighted by molar-refractivity contribution is 7.87. The summed E-state index contributed by atoms with van der Waals surface area (Å²) in [5.41, 5.74) is -0.00111. The van der Waals surface area contributed by atoms with E-state index in [0.717, 1.165) is 19.4 Å². The van der Waals surface area contributed by atoms with Gasteiger partial charge in [0.1, 0.15) is 0 Å². The predicted molar refractivity (Wildman–Crippen MR) is 72.2 cm³/mol. The molecule has 0 spiro atoms. The van der Waals surface area contributed by atoms with Crippen LogP contribution in [0.4, 0.5) is 0 Å². The van der Waals surface area contributed by atoms with Gasteiger partial charge >= 0.3 is 0 Å². The van der Waals surface area contributed by atoms with Gasteiger partial charge in [-0.25, -0.2) is 4.72 Å². The molecular formula is C11H27N3O2S. The van der Waals surface area contributed by atoms with E-state index in [-0.39, 0.29) is 5.41 Å². The Kier molecular flexibility index (Phi) is 7.23. The first-order chi connectivity index (χ1) is 7.75. The Morgan fingerprint density at radius 1 is 1.29 bits per heavy atom. The molecule has 104 valence electrons. The van der Waals surface area contributed by atoms with Crippen LogP contribution in [0, 0.1) is 5.41 Å². The van der Waals surface area contributed by atoms with Crippen LogP contribution in [-0.2, 0) is 10.2 Å². The van der Waals surface area contributed by atoms with Crippen LogP contribution >= 0.6 is 0 Å². The predicted octanol–water partition coefficient (Wildman–Crippen LogP) is 0.798. The Hall–Kier alpha value is -0.170. The Balaban J connectivity index is 4.19. The van der Waals surface area contributed by atoms with Crippen molar-refractivity contribution in [2.45, 2.75) is 33.6 Å². The van der Waals surface area contributed by atoms with Crippen LogP contribution in [0.2, 0.25) is 0 Å². The van der Waals surface area contributed by atoms with Gasteiger partial charge in [-0.05, 0) is 31.8 Å². The third kappa shape index (κ3) is 6.98. The molecule has 0 fully saturated rings. The monoisotopic (exact) mass is 265 g/mol. The summed E-state index contributed by atoms with van der Waals surface area (Å²) in [6.07, 6.45) is 1.75. The normalized spacial score (nSPS) is 13.3. The maximum atomic E-state index is 11.9. The molecular weight excluding hydrogens is 238 g/mol. The van der Waals surface area contributed by atoms with E-state index < -0.39 is 10.2 Å². The number of nitrogens with one attached hydrogen (secondary N) is 2. The first kappa shape index (κ1) is 16.8. The molecule has 0 saturated carbocycles. The van der Waals surface area contributed by atoms with E-state index in [9.17, 15) is 8.42 Å². The molecule has 0 heterocycles. The molecule has 2 N–H and O–H groups in total. The minimum atomic E-state index is -3.33. The van der Waals surface area contributed by atoms with Gasteiger partial charge < -0.3 is 5.32 Å². The Morgan fingerprint density at radius 2 is 1.88 bits per heavy atom. The maximum absolute atomic E-state index is 11.9. The van der Waals surface area contributed by atoms with E-state index in [1.165, 1.54) is 4.31 Å². The standard InChI is InChI=1S/C11H27N3O2S/c1-6-11(2,3)10-13-17(15,16)14(5)9-7-8-12-4/h12-13H,6-10H2,1-5H3. The van der Waals surface area contributed by atoms with Gasteiger partial charge in [-0.3, -0.25) is 0 Å². The molecule has 0 unspecified atom stereocenters. The van der Waals surface area contributed by atoms with Crippen LogP contribution in [0.1, 0.15) is 33.6 Å². The van der Waals surface area contributed by atoms with E-state index in [4.69, 9.17) is 0 Å². The largest absolute Gasteiger partial charge is 0.320 e. The highest BCUT2D eigenvalue weighted by Gasteiger charge is 2.22. The molecule has 0 saturated heterocycles. The van der Waals surface area contributed by atoms with Crippen molar-refractivity contribution in [3.8, 4) is 0 Å². The SMILES string of the molecule is CCC(C)(C)CNS(=O)(=O)N(C)CCCNC. The van der Waals surface area contributed by atoms with Gasteiger partial charge in [0.25, 0.3) is 10.2 Å². The van der Waals surface area contributed by atoms with Crippen LogP contribution in [0.25, 0.3) is 0 Å². The molecule has 0 aromatic heterocycles. The first-order valence-electron chi connectivity index (χ1n) is 6.10. The van der Waals surface area contributed by atoms with Crippen molar-refractivity contribution in [2.75, 3.05) is 33.7 Å². The zero-order valence-corrected chi connectivity index (χ0v) is 12.5. The molecule has 0 aliphatic carbocycles. The lowest BCUT2D eigenvalue weighted by atomic mass is 9.91. The molecule has 0 amide bonds. The quantitative estimate of drug-likeness (QED) is 0.606. The maximum Gasteiger partial charge on any atom is 0.279 e. The second-order valence-electron chi connectivity index (χ2n) is 5.12. The smallest absolute Gasteiger partial charge is 0.279 e. The summed E-state index contributed by atoms with van der Waals surface area (Å²) in [6.45, 7) is 7.99. The van der Waals surface area contributed by atoms with Crippen molar-refractivity contribution in [2.24, 2.45) is 5.41 Å². The zero-order valence-electron chi connectivity index (χ0n) is 11.7. The summed E-state index contributed by atoms with van der Waals surface area (Å²) in [5, 5.41) is 3.00. The lowest BCUT2D eigenvalue weighted by molar-refractivity contribution is 0.343. The average molecular weight is 265 g/mol. The van der Waals surface area contributed by atoms with E-state index in [1.54, 1.807) is 7.05 Å². The fraction of sp³-hybridized carbons (Fsp3) is 1.00. The van der Waals surface area contributed by atoms with Crippen LogP contribution in [0.5, 0.6) is 0 Å². The van der Waals surface area contributed by atoms with Crippen molar-refractivity contribution >= 4 is 10.2 Å². The highest BCUT2D eigenvalue weighted by atomic mass is 32.2. The van der Waals surface area contributed by atoms with Gasteiger partial charge in [0.15, 0.2) is 0 Å². The van der Waals surface area contributed by atoms with Gasteiger partial charge in [0.2, 0.25) is 0 Å². The van der Waals surface area contributed by atoms with E-state index in [0.29, 0.717) is 13.1 Å². The number of hydrogen-bond donors (Lipinski definition) is 2. The summed E-state index contributed by atoms with van der Waals surface area (Å²) in [5.74, 6) is 0. The molecule has 0 aliphatic heterocycles. The highest BCUT2D eigenvalue weighted by Crippen LogP contribution is 2.18. The number of rotatable bonds is 9. The number of hydrogen-bond acceptors (Lipinski definition) is 3. The topological polar surface area (TPSA) is 61.4 Å². The zero-order chi connectivity index (χ0) is 13.5. The van der Waals surface area contributed by atoms with Crippen molar-refractivity contribution in [3.63, 3.8) is 0 Å². The summed E-state index contributed by atoms with van der Waals surface area (Å²) >= 11 is 0. The van der Waals surface area contributed by atoms with Gasteiger partial charge in [-0.2, -0.15) is 12.7 Å². The summed E-state index contributed by atoms with van der Waals surface area (Å²) in [4.78, 5) is 0. The van der Waals surface area contributed by atoms with Gasteiger partial charge in [-0.15, -0.1) is 0 Å². The molecule has 0 aromatic rings. The van der Waals surface area contributed by atoms with Crippen LogP contribution in [0.3, 0.4) is 0 Å². The average Bonchev–Trinajstić information content (AvgIpc) is 2.27. The van der Waals surface area contributed by atoms with E-state index in [2.05, 4.69) is 30.8 Å². The first-order valence-corrected chi connectivity index (χ1v) is 7.54. The molecule has 0 aliphatic rings. The minimum Gasteiger partial charge on any atom is -0.320 e. The third-order valence-electron chi connectivity index (χ3n) is 3.00. The Bertz CT molecular complexity index is 302. The molecule has 5 nitrogen and oxygen atoms in total. The Morgan fingerprint density at radius 3 is 2.35 bits per heavy atom. The lowest BCUT2D eigenvalue weighted by Crippen LogP contribution is -2.42. The van der Waals surface area contributed by atoms with Crippen LogP contribution < -0.4 is 10.0 Å². The molecule has 0 rings (SSSR count). The summed E-state index contributed by atoms with van der Waals surface area (Å²) in [6, 6.07) is 0. The van der Waals surface area contributed by atoms with E-state index in [1.807, 2.05) is 7.05 Å². The molecule has 0 radical (unpaired) electrons. The molecule has 0 aromatic carbocycles. The lowest BCUT2D eigenvalue weighted by Gasteiger charge is -2.25. The third-order valence-corrected chi connectivity index (χ3v) is 4.51. The Labute approximate surface area is 106 Å². The second kappa shape index (κ2) is 7.31. The van der Waals surface area contributed by atoms with Gasteiger partial charge in [-0.1, -0.05) is 20.8 Å². The summed E-state index contributed by atoms with van der Waals surface area (Å²) < 4.78 is 27.8. The van der Waals surface area contributed by atoms with Crippen LogP contribution in [-0.4, -0.2) is 46.5 Å². The van der Waals surface area contributed by atoms with Crippen molar-refractivity contribution in [3.05, 3.63) is 0 Å².